The van der Waals surface area contributed by atoms with Gasteiger partial charge in [0.15, 0.2) is 0 Å². The van der Waals surface area contributed by atoms with Gasteiger partial charge in [-0.1, -0.05) is 42.5 Å². The van der Waals surface area contributed by atoms with Crippen molar-refractivity contribution < 1.29 is 9.84 Å². The van der Waals surface area contributed by atoms with E-state index in [-0.39, 0.29) is 13.2 Å². The fraction of sp³-hybridized carbons (Fsp3) is 0.200. The van der Waals surface area contributed by atoms with E-state index in [1.54, 1.807) is 0 Å². The Bertz CT molecular complexity index is 468. The number of aliphatic hydroxyl groups is 1. The molecular formula is C15H17NO2. The number of benzene rings is 2. The van der Waals surface area contributed by atoms with E-state index >= 15 is 0 Å². The van der Waals surface area contributed by atoms with Crippen LogP contribution < -0.4 is 10.5 Å². The summed E-state index contributed by atoms with van der Waals surface area (Å²) in [6.45, 7) is 0.434. The molecule has 0 aliphatic heterocycles. The van der Waals surface area contributed by atoms with Crippen molar-refractivity contribution in [2.24, 2.45) is 5.73 Å². The average Bonchev–Trinajstić information content (AvgIpc) is 2.46. The average molecular weight is 243 g/mol. The van der Waals surface area contributed by atoms with Gasteiger partial charge in [-0.15, -0.1) is 0 Å². The van der Waals surface area contributed by atoms with Crippen molar-refractivity contribution in [1.82, 2.24) is 0 Å². The monoisotopic (exact) mass is 243 g/mol. The van der Waals surface area contributed by atoms with Crippen LogP contribution in [0.5, 0.6) is 5.75 Å². The third kappa shape index (κ3) is 3.32. The first-order valence-corrected chi connectivity index (χ1v) is 5.96. The molecule has 0 unspecified atom stereocenters. The van der Waals surface area contributed by atoms with Crippen molar-refractivity contribution in [3.8, 4) is 16.9 Å². The van der Waals surface area contributed by atoms with Crippen LogP contribution in [0.25, 0.3) is 11.1 Å². The normalized spacial score (nSPS) is 12.1. The Kier molecular flexibility index (Phi) is 4.34. The summed E-state index contributed by atoms with van der Waals surface area (Å²) in [7, 11) is 0. The highest BCUT2D eigenvalue weighted by Gasteiger charge is 2.02. The quantitative estimate of drug-likeness (QED) is 0.845. The second kappa shape index (κ2) is 6.19. The minimum absolute atomic E-state index is 0.210. The molecule has 18 heavy (non-hydrogen) atoms. The van der Waals surface area contributed by atoms with E-state index in [1.807, 2.05) is 42.5 Å². The van der Waals surface area contributed by atoms with E-state index in [2.05, 4.69) is 12.1 Å². The predicted molar refractivity (Wildman–Crippen MR) is 72.4 cm³/mol. The Labute approximate surface area is 107 Å². The smallest absolute Gasteiger partial charge is 0.119 e. The number of nitrogens with two attached hydrogens (primary N) is 1. The maximum atomic E-state index is 9.30. The molecule has 94 valence electrons. The third-order valence-corrected chi connectivity index (χ3v) is 2.68. The van der Waals surface area contributed by atoms with Gasteiger partial charge in [0.1, 0.15) is 18.5 Å². The molecular weight excluding hydrogens is 226 g/mol. The zero-order valence-corrected chi connectivity index (χ0v) is 10.1. The fourth-order valence-electron chi connectivity index (χ4n) is 1.63. The Balaban J connectivity index is 2.02. The molecule has 0 saturated carbocycles. The van der Waals surface area contributed by atoms with Gasteiger partial charge in [0.05, 0.1) is 0 Å². The molecule has 2 aromatic rings. The van der Waals surface area contributed by atoms with Crippen molar-refractivity contribution in [2.75, 3.05) is 13.2 Å². The first kappa shape index (κ1) is 12.6. The van der Waals surface area contributed by atoms with Crippen LogP contribution in [0.3, 0.4) is 0 Å². The second-order valence-electron chi connectivity index (χ2n) is 4.09. The minimum atomic E-state index is -0.612. The number of rotatable bonds is 5. The molecule has 0 bridgehead atoms. The lowest BCUT2D eigenvalue weighted by Gasteiger charge is -2.10. The summed E-state index contributed by atoms with van der Waals surface area (Å²) in [5, 5.41) is 9.30. The predicted octanol–water partition coefficient (Wildman–Crippen LogP) is 2.05. The highest BCUT2D eigenvalue weighted by Crippen LogP contribution is 2.21. The van der Waals surface area contributed by atoms with Crippen molar-refractivity contribution in [3.05, 3.63) is 54.6 Å². The molecule has 1 atom stereocenters. The zero-order valence-electron chi connectivity index (χ0n) is 10.1. The summed E-state index contributed by atoms with van der Waals surface area (Å²) in [5.41, 5.74) is 7.62. The number of aliphatic hydroxyl groups excluding tert-OH is 1. The van der Waals surface area contributed by atoms with Crippen molar-refractivity contribution in [1.29, 1.82) is 0 Å². The van der Waals surface area contributed by atoms with Crippen LogP contribution in [0, 0.1) is 0 Å². The first-order valence-electron chi connectivity index (χ1n) is 5.96. The molecule has 0 fully saturated rings. The van der Waals surface area contributed by atoms with Gasteiger partial charge in [0.25, 0.3) is 0 Å². The number of ether oxygens (including phenoxy) is 1. The van der Waals surface area contributed by atoms with Gasteiger partial charge >= 0.3 is 0 Å². The van der Waals surface area contributed by atoms with Gasteiger partial charge in [0.2, 0.25) is 0 Å². The zero-order chi connectivity index (χ0) is 12.8. The Morgan fingerprint density at radius 2 is 1.56 bits per heavy atom. The van der Waals surface area contributed by atoms with E-state index < -0.39 is 6.10 Å². The SMILES string of the molecule is NC[C@H](O)COc1ccc(-c2ccccc2)cc1. The topological polar surface area (TPSA) is 55.5 Å². The van der Waals surface area contributed by atoms with Gasteiger partial charge < -0.3 is 15.6 Å². The first-order chi connectivity index (χ1) is 8.79. The van der Waals surface area contributed by atoms with Crippen LogP contribution in [0.1, 0.15) is 0 Å². The number of hydrogen-bond donors (Lipinski definition) is 2. The minimum Gasteiger partial charge on any atom is -0.491 e. The lowest BCUT2D eigenvalue weighted by molar-refractivity contribution is 0.114. The van der Waals surface area contributed by atoms with Crippen LogP contribution in [0.15, 0.2) is 54.6 Å². The van der Waals surface area contributed by atoms with Crippen molar-refractivity contribution >= 4 is 0 Å². The van der Waals surface area contributed by atoms with E-state index in [0.29, 0.717) is 0 Å². The summed E-state index contributed by atoms with van der Waals surface area (Å²) >= 11 is 0. The van der Waals surface area contributed by atoms with E-state index in [4.69, 9.17) is 10.5 Å². The summed E-state index contributed by atoms with van der Waals surface area (Å²) in [4.78, 5) is 0. The van der Waals surface area contributed by atoms with E-state index in [0.717, 1.165) is 11.3 Å². The number of hydrogen-bond acceptors (Lipinski definition) is 3. The molecule has 0 saturated heterocycles. The van der Waals surface area contributed by atoms with Crippen LogP contribution >= 0.6 is 0 Å². The largest absolute Gasteiger partial charge is 0.491 e. The molecule has 0 spiro atoms. The van der Waals surface area contributed by atoms with Gasteiger partial charge in [0, 0.05) is 6.54 Å². The van der Waals surface area contributed by atoms with E-state index in [1.165, 1.54) is 5.56 Å². The molecule has 2 rings (SSSR count). The molecule has 2 aromatic carbocycles. The molecule has 0 aliphatic rings. The molecule has 0 heterocycles. The van der Waals surface area contributed by atoms with Gasteiger partial charge in [-0.2, -0.15) is 0 Å². The molecule has 3 N–H and O–H groups in total. The van der Waals surface area contributed by atoms with Crippen LogP contribution in [-0.4, -0.2) is 24.4 Å². The summed E-state index contributed by atoms with van der Waals surface area (Å²) in [5.74, 6) is 0.738. The highest BCUT2D eigenvalue weighted by atomic mass is 16.5. The molecule has 3 nitrogen and oxygen atoms in total. The second-order valence-corrected chi connectivity index (χ2v) is 4.09. The molecule has 3 heteroatoms. The molecule has 0 amide bonds. The van der Waals surface area contributed by atoms with Crippen molar-refractivity contribution in [3.63, 3.8) is 0 Å². The Hall–Kier alpha value is -1.84. The lowest BCUT2D eigenvalue weighted by atomic mass is 10.1. The van der Waals surface area contributed by atoms with Gasteiger partial charge in [-0.3, -0.25) is 0 Å². The fourth-order valence-corrected chi connectivity index (χ4v) is 1.63. The van der Waals surface area contributed by atoms with Gasteiger partial charge in [-0.05, 0) is 23.3 Å². The van der Waals surface area contributed by atoms with Crippen LogP contribution in [0.2, 0.25) is 0 Å². The Morgan fingerprint density at radius 3 is 2.17 bits per heavy atom. The van der Waals surface area contributed by atoms with Crippen LogP contribution in [-0.2, 0) is 0 Å². The summed E-state index contributed by atoms with van der Waals surface area (Å²) in [6, 6.07) is 17.9. The molecule has 0 aliphatic carbocycles. The standard InChI is InChI=1S/C15H17NO2/c16-10-14(17)11-18-15-8-6-13(7-9-15)12-4-2-1-3-5-12/h1-9,14,17H,10-11,16H2/t14-/m0/s1. The Morgan fingerprint density at radius 1 is 0.944 bits per heavy atom. The maximum Gasteiger partial charge on any atom is 0.119 e. The molecule has 0 aromatic heterocycles. The maximum absolute atomic E-state index is 9.30. The van der Waals surface area contributed by atoms with Crippen molar-refractivity contribution in [2.45, 2.75) is 6.10 Å². The molecule has 0 radical (unpaired) electrons. The lowest BCUT2D eigenvalue weighted by Crippen LogP contribution is -2.26. The van der Waals surface area contributed by atoms with Gasteiger partial charge in [-0.25, -0.2) is 0 Å². The van der Waals surface area contributed by atoms with E-state index in [9.17, 15) is 5.11 Å². The van der Waals surface area contributed by atoms with Crippen LogP contribution in [0.4, 0.5) is 0 Å². The highest BCUT2D eigenvalue weighted by molar-refractivity contribution is 5.63. The summed E-state index contributed by atoms with van der Waals surface area (Å²) < 4.78 is 5.42. The third-order valence-electron chi connectivity index (χ3n) is 2.68. The summed E-state index contributed by atoms with van der Waals surface area (Å²) in [6.07, 6.45) is -0.612.